The second-order valence-corrected chi connectivity index (χ2v) is 5.32. The Balaban J connectivity index is 2.27. The Bertz CT molecular complexity index is 465. The van der Waals surface area contributed by atoms with Crippen molar-refractivity contribution in [2.45, 2.75) is 25.9 Å². The summed E-state index contributed by atoms with van der Waals surface area (Å²) in [7, 11) is 1.68. The number of benzene rings is 1. The molecule has 0 amide bonds. The van der Waals surface area contributed by atoms with Gasteiger partial charge in [-0.2, -0.15) is 0 Å². The molecule has 0 aliphatic heterocycles. The molecule has 0 saturated carbocycles. The number of aromatic nitrogens is 1. The lowest BCUT2D eigenvalue weighted by atomic mass is 10.1. The molecule has 0 saturated heterocycles. The first-order valence-corrected chi connectivity index (χ1v) is 6.88. The summed E-state index contributed by atoms with van der Waals surface area (Å²) in [5, 5.41) is 6.64. The second kappa shape index (κ2) is 5.98. The van der Waals surface area contributed by atoms with Gasteiger partial charge >= 0.3 is 0 Å². The molecule has 1 aromatic carbocycles. The number of hydrogen-bond donors (Lipinski definition) is 1. The van der Waals surface area contributed by atoms with Crippen molar-refractivity contribution in [1.82, 2.24) is 10.3 Å². The van der Waals surface area contributed by atoms with Crippen molar-refractivity contribution in [2.75, 3.05) is 7.11 Å². The van der Waals surface area contributed by atoms with E-state index in [9.17, 15) is 0 Å². The second-order valence-electron chi connectivity index (χ2n) is 4.40. The molecule has 0 aliphatic carbocycles. The van der Waals surface area contributed by atoms with Crippen LogP contribution in [0.5, 0.6) is 5.75 Å². The maximum Gasteiger partial charge on any atom is 0.118 e. The predicted molar refractivity (Wildman–Crippen MR) is 75.2 cm³/mol. The van der Waals surface area contributed by atoms with E-state index in [4.69, 9.17) is 4.74 Å². The number of nitrogens with zero attached hydrogens (tertiary/aromatic N) is 1. The van der Waals surface area contributed by atoms with E-state index in [0.29, 0.717) is 6.04 Å². The zero-order valence-corrected chi connectivity index (χ0v) is 11.7. The van der Waals surface area contributed by atoms with Crippen LogP contribution in [0, 0.1) is 0 Å². The lowest BCUT2D eigenvalue weighted by molar-refractivity contribution is 0.414. The lowest BCUT2D eigenvalue weighted by Crippen LogP contribution is -2.28. The van der Waals surface area contributed by atoms with Crippen molar-refractivity contribution in [2.24, 2.45) is 0 Å². The summed E-state index contributed by atoms with van der Waals surface area (Å²) in [5.41, 5.74) is 1.21. The van der Waals surface area contributed by atoms with Crippen LogP contribution in [0.15, 0.2) is 35.8 Å². The third-order valence-corrected chi connectivity index (χ3v) is 3.49. The van der Waals surface area contributed by atoms with Crippen LogP contribution in [0.1, 0.15) is 30.5 Å². The molecule has 1 heterocycles. The summed E-state index contributed by atoms with van der Waals surface area (Å²) >= 11 is 1.67. The van der Waals surface area contributed by atoms with Crippen molar-refractivity contribution in [1.29, 1.82) is 0 Å². The van der Waals surface area contributed by atoms with Gasteiger partial charge in [-0.3, -0.25) is 0 Å². The van der Waals surface area contributed by atoms with Crippen molar-refractivity contribution in [3.8, 4) is 5.75 Å². The molecule has 1 aromatic heterocycles. The standard InChI is InChI=1S/C14H18N2OS/c1-10(2)16-13(14-15-8-9-18-14)11-4-6-12(17-3)7-5-11/h4-10,13,16H,1-3H3. The van der Waals surface area contributed by atoms with Crippen LogP contribution in [0.3, 0.4) is 0 Å². The van der Waals surface area contributed by atoms with Gasteiger partial charge in [-0.15, -0.1) is 11.3 Å². The van der Waals surface area contributed by atoms with Gasteiger partial charge in [0.15, 0.2) is 0 Å². The molecule has 2 rings (SSSR count). The number of thiazole rings is 1. The predicted octanol–water partition coefficient (Wildman–Crippen LogP) is 3.24. The van der Waals surface area contributed by atoms with Gasteiger partial charge in [-0.05, 0) is 31.5 Å². The van der Waals surface area contributed by atoms with E-state index < -0.39 is 0 Å². The van der Waals surface area contributed by atoms with Gasteiger partial charge in [0.05, 0.1) is 13.2 Å². The highest BCUT2D eigenvalue weighted by Gasteiger charge is 2.17. The van der Waals surface area contributed by atoms with Crippen LogP contribution in [0.2, 0.25) is 0 Å². The van der Waals surface area contributed by atoms with Gasteiger partial charge in [0.25, 0.3) is 0 Å². The third kappa shape index (κ3) is 3.09. The molecule has 4 heteroatoms. The number of nitrogens with one attached hydrogen (secondary N) is 1. The average molecular weight is 262 g/mol. The van der Waals surface area contributed by atoms with Gasteiger partial charge in [0.1, 0.15) is 10.8 Å². The minimum Gasteiger partial charge on any atom is -0.497 e. The highest BCUT2D eigenvalue weighted by Crippen LogP contribution is 2.25. The minimum atomic E-state index is 0.149. The van der Waals surface area contributed by atoms with Gasteiger partial charge < -0.3 is 10.1 Å². The smallest absolute Gasteiger partial charge is 0.118 e. The zero-order chi connectivity index (χ0) is 13.0. The summed E-state index contributed by atoms with van der Waals surface area (Å²) in [5.74, 6) is 0.876. The molecule has 1 N–H and O–H groups in total. The Morgan fingerprint density at radius 3 is 2.44 bits per heavy atom. The maximum absolute atomic E-state index is 5.19. The molecule has 0 fully saturated rings. The lowest BCUT2D eigenvalue weighted by Gasteiger charge is -2.20. The Morgan fingerprint density at radius 1 is 1.22 bits per heavy atom. The van der Waals surface area contributed by atoms with Crippen molar-refractivity contribution in [3.63, 3.8) is 0 Å². The highest BCUT2D eigenvalue weighted by atomic mass is 32.1. The molecule has 1 unspecified atom stereocenters. The van der Waals surface area contributed by atoms with Crippen LogP contribution in [0.25, 0.3) is 0 Å². The fourth-order valence-corrected chi connectivity index (χ4v) is 2.54. The monoisotopic (exact) mass is 262 g/mol. The third-order valence-electron chi connectivity index (χ3n) is 2.65. The van der Waals surface area contributed by atoms with E-state index >= 15 is 0 Å². The summed E-state index contributed by atoms with van der Waals surface area (Å²) in [4.78, 5) is 4.41. The molecule has 0 bridgehead atoms. The van der Waals surface area contributed by atoms with Crippen LogP contribution < -0.4 is 10.1 Å². The molecule has 0 spiro atoms. The topological polar surface area (TPSA) is 34.1 Å². The van der Waals surface area contributed by atoms with E-state index in [-0.39, 0.29) is 6.04 Å². The quantitative estimate of drug-likeness (QED) is 0.898. The van der Waals surface area contributed by atoms with Crippen molar-refractivity contribution >= 4 is 11.3 Å². The molecule has 0 radical (unpaired) electrons. The molecular weight excluding hydrogens is 244 g/mol. The van der Waals surface area contributed by atoms with E-state index in [1.165, 1.54) is 5.56 Å². The summed E-state index contributed by atoms with van der Waals surface area (Å²) in [6.45, 7) is 4.29. The van der Waals surface area contributed by atoms with Crippen molar-refractivity contribution < 1.29 is 4.74 Å². The molecule has 1 atom stereocenters. The summed E-state index contributed by atoms with van der Waals surface area (Å²) in [6, 6.07) is 8.69. The van der Waals surface area contributed by atoms with Crippen molar-refractivity contribution in [3.05, 3.63) is 46.4 Å². The summed E-state index contributed by atoms with van der Waals surface area (Å²) in [6.07, 6.45) is 1.85. The molecule has 3 nitrogen and oxygen atoms in total. The van der Waals surface area contributed by atoms with Gasteiger partial charge in [-0.25, -0.2) is 4.98 Å². The highest BCUT2D eigenvalue weighted by molar-refractivity contribution is 7.09. The molecule has 2 aromatic rings. The number of ether oxygens (including phenoxy) is 1. The van der Waals surface area contributed by atoms with Gasteiger partial charge in [-0.1, -0.05) is 12.1 Å². The molecular formula is C14H18N2OS. The zero-order valence-electron chi connectivity index (χ0n) is 10.9. The van der Waals surface area contributed by atoms with Crippen LogP contribution in [-0.4, -0.2) is 18.1 Å². The van der Waals surface area contributed by atoms with E-state index in [2.05, 4.69) is 36.3 Å². The Morgan fingerprint density at radius 2 is 1.94 bits per heavy atom. The summed E-state index contributed by atoms with van der Waals surface area (Å²) < 4.78 is 5.19. The van der Waals surface area contributed by atoms with E-state index in [1.807, 2.05) is 23.7 Å². The van der Waals surface area contributed by atoms with Crippen LogP contribution in [0.4, 0.5) is 0 Å². The minimum absolute atomic E-state index is 0.149. The normalized spacial score (nSPS) is 12.7. The SMILES string of the molecule is COc1ccc(C(NC(C)C)c2nccs2)cc1. The largest absolute Gasteiger partial charge is 0.497 e. The number of hydrogen-bond acceptors (Lipinski definition) is 4. The Labute approximate surface area is 112 Å². The van der Waals surface area contributed by atoms with E-state index in [1.54, 1.807) is 18.4 Å². The average Bonchev–Trinajstić information content (AvgIpc) is 2.89. The van der Waals surface area contributed by atoms with Crippen LogP contribution >= 0.6 is 11.3 Å². The Kier molecular flexibility index (Phi) is 4.33. The van der Waals surface area contributed by atoms with Gasteiger partial charge in [0.2, 0.25) is 0 Å². The van der Waals surface area contributed by atoms with Crippen LogP contribution in [-0.2, 0) is 0 Å². The van der Waals surface area contributed by atoms with E-state index in [0.717, 1.165) is 10.8 Å². The van der Waals surface area contributed by atoms with Gasteiger partial charge in [0, 0.05) is 17.6 Å². The number of rotatable bonds is 5. The number of methoxy groups -OCH3 is 1. The molecule has 18 heavy (non-hydrogen) atoms. The maximum atomic E-state index is 5.19. The fourth-order valence-electron chi connectivity index (χ4n) is 1.82. The first-order valence-electron chi connectivity index (χ1n) is 6.00. The fraction of sp³-hybridized carbons (Fsp3) is 0.357. The molecule has 96 valence electrons. The Hall–Kier alpha value is -1.39. The first kappa shape index (κ1) is 13.1. The molecule has 0 aliphatic rings. The first-order chi connectivity index (χ1) is 8.70.